The summed E-state index contributed by atoms with van der Waals surface area (Å²) in [5.74, 6) is -0.757. The van der Waals surface area contributed by atoms with E-state index in [-0.39, 0.29) is 35.2 Å². The molecule has 0 saturated heterocycles. The first kappa shape index (κ1) is 25.9. The SMILES string of the molecule is CCOC(=O)CCc1cc(C2CC2)cn2cc(Cn3cc(C(=O)NCc4ncn5ccc(Cl)c(F)c45)nn3)nc12. The van der Waals surface area contributed by atoms with E-state index in [1.165, 1.54) is 33.2 Å². The van der Waals surface area contributed by atoms with Crippen LogP contribution in [-0.2, 0) is 29.0 Å². The first-order chi connectivity index (χ1) is 19.4. The molecule has 0 aromatic carbocycles. The maximum atomic E-state index is 14.5. The molecule has 0 aliphatic heterocycles. The molecule has 13 heteroatoms. The lowest BCUT2D eigenvalue weighted by atomic mass is 10.1. The molecule has 1 fully saturated rings. The van der Waals surface area contributed by atoms with Gasteiger partial charge in [0, 0.05) is 25.0 Å². The largest absolute Gasteiger partial charge is 0.466 e. The second-order valence-electron chi connectivity index (χ2n) is 9.75. The number of aryl methyl sites for hydroxylation is 1. The van der Waals surface area contributed by atoms with E-state index in [9.17, 15) is 14.0 Å². The summed E-state index contributed by atoms with van der Waals surface area (Å²) >= 11 is 5.89. The van der Waals surface area contributed by atoms with E-state index in [1.54, 1.807) is 13.1 Å². The zero-order chi connectivity index (χ0) is 27.8. The Bertz CT molecular complexity index is 1740. The number of pyridine rings is 2. The molecule has 1 aliphatic rings. The van der Waals surface area contributed by atoms with E-state index in [4.69, 9.17) is 21.3 Å². The summed E-state index contributed by atoms with van der Waals surface area (Å²) in [6.07, 6.45) is 11.7. The minimum atomic E-state index is -0.599. The number of hydrogen-bond donors (Lipinski definition) is 1. The molecular formula is C27H26ClFN8O3. The number of ether oxygens (including phenoxy) is 1. The van der Waals surface area contributed by atoms with E-state index in [2.05, 4.69) is 32.9 Å². The summed E-state index contributed by atoms with van der Waals surface area (Å²) in [7, 11) is 0. The van der Waals surface area contributed by atoms with Gasteiger partial charge in [0.05, 0.1) is 48.6 Å². The fraction of sp³-hybridized carbons (Fsp3) is 0.333. The second-order valence-corrected chi connectivity index (χ2v) is 10.2. The molecule has 11 nitrogen and oxygen atoms in total. The number of nitrogens with zero attached hydrogens (tertiary/aromatic N) is 7. The molecule has 5 aromatic heterocycles. The topological polar surface area (TPSA) is 121 Å². The molecular weight excluding hydrogens is 539 g/mol. The summed E-state index contributed by atoms with van der Waals surface area (Å²) in [5.41, 5.74) is 4.40. The predicted octanol–water partition coefficient (Wildman–Crippen LogP) is 3.72. The van der Waals surface area contributed by atoms with Crippen molar-refractivity contribution in [2.24, 2.45) is 0 Å². The molecule has 0 atom stereocenters. The van der Waals surface area contributed by atoms with Gasteiger partial charge in [-0.15, -0.1) is 5.10 Å². The average Bonchev–Trinajstić information content (AvgIpc) is 3.34. The van der Waals surface area contributed by atoms with E-state index < -0.39 is 11.7 Å². The second kappa shape index (κ2) is 10.7. The van der Waals surface area contributed by atoms with Crippen LogP contribution in [0.4, 0.5) is 4.39 Å². The summed E-state index contributed by atoms with van der Waals surface area (Å²) in [5, 5.41) is 10.7. The number of rotatable bonds is 10. The predicted molar refractivity (Wildman–Crippen MR) is 143 cm³/mol. The normalized spacial score (nSPS) is 13.3. The Morgan fingerprint density at radius 1 is 1.23 bits per heavy atom. The van der Waals surface area contributed by atoms with Gasteiger partial charge in [-0.2, -0.15) is 0 Å². The van der Waals surface area contributed by atoms with Crippen molar-refractivity contribution in [1.82, 2.24) is 39.1 Å². The molecule has 6 rings (SSSR count). The Morgan fingerprint density at radius 2 is 2.08 bits per heavy atom. The number of carbonyl (C=O) groups is 2. The standard InChI is InChI=1S/C27H26ClFN8O3/c1-2-40-23(38)6-5-17-9-18(16-3-4-16)11-36-12-19(32-26(17)36)13-37-14-22(33-34-37)27(39)30-10-21-25-24(29)20(28)7-8-35(25)15-31-21/h7-9,11-12,14-16H,2-6,10,13H2,1H3,(H,30,39). The molecule has 1 saturated carbocycles. The molecule has 0 radical (unpaired) electrons. The third kappa shape index (κ3) is 5.26. The Labute approximate surface area is 232 Å². The third-order valence-corrected chi connectivity index (χ3v) is 7.12. The first-order valence-corrected chi connectivity index (χ1v) is 13.4. The van der Waals surface area contributed by atoms with Crippen molar-refractivity contribution in [1.29, 1.82) is 0 Å². The third-order valence-electron chi connectivity index (χ3n) is 6.83. The van der Waals surface area contributed by atoms with Gasteiger partial charge in [0.2, 0.25) is 0 Å². The Kier molecular flexibility index (Phi) is 6.93. The van der Waals surface area contributed by atoms with Crippen LogP contribution in [-0.4, -0.2) is 52.2 Å². The minimum absolute atomic E-state index is 0.0101. The van der Waals surface area contributed by atoms with Gasteiger partial charge >= 0.3 is 5.97 Å². The van der Waals surface area contributed by atoms with Crippen LogP contribution < -0.4 is 5.32 Å². The van der Waals surface area contributed by atoms with Crippen molar-refractivity contribution < 1.29 is 18.7 Å². The zero-order valence-corrected chi connectivity index (χ0v) is 22.4. The molecule has 1 aliphatic carbocycles. The number of amides is 1. The smallest absolute Gasteiger partial charge is 0.306 e. The van der Waals surface area contributed by atoms with E-state index in [0.29, 0.717) is 31.2 Å². The average molecular weight is 565 g/mol. The number of halogens is 2. The highest BCUT2D eigenvalue weighted by molar-refractivity contribution is 6.31. The monoisotopic (exact) mass is 564 g/mol. The summed E-state index contributed by atoms with van der Waals surface area (Å²) in [4.78, 5) is 33.6. The Balaban J connectivity index is 1.15. The number of aromatic nitrogens is 7. The molecule has 40 heavy (non-hydrogen) atoms. The number of hydrogen-bond acceptors (Lipinski definition) is 7. The molecule has 206 valence electrons. The van der Waals surface area contributed by atoms with Crippen LogP contribution in [0.25, 0.3) is 11.2 Å². The minimum Gasteiger partial charge on any atom is -0.466 e. The van der Waals surface area contributed by atoms with Crippen molar-refractivity contribution in [2.75, 3.05) is 6.61 Å². The lowest BCUT2D eigenvalue weighted by Gasteiger charge is -2.07. The lowest BCUT2D eigenvalue weighted by Crippen LogP contribution is -2.23. The summed E-state index contributed by atoms with van der Waals surface area (Å²) < 4.78 is 24.6. The molecule has 0 bridgehead atoms. The fourth-order valence-electron chi connectivity index (χ4n) is 4.73. The van der Waals surface area contributed by atoms with Crippen LogP contribution in [0.1, 0.15) is 65.1 Å². The lowest BCUT2D eigenvalue weighted by molar-refractivity contribution is -0.143. The molecule has 1 N–H and O–H groups in total. The van der Waals surface area contributed by atoms with Gasteiger partial charge in [-0.1, -0.05) is 22.9 Å². The van der Waals surface area contributed by atoms with Crippen LogP contribution in [0.3, 0.4) is 0 Å². The number of carbonyl (C=O) groups excluding carboxylic acids is 2. The summed E-state index contributed by atoms with van der Waals surface area (Å²) in [6.45, 7) is 2.44. The zero-order valence-electron chi connectivity index (χ0n) is 21.7. The molecule has 0 spiro atoms. The van der Waals surface area contributed by atoms with Crippen molar-refractivity contribution in [3.05, 3.63) is 82.3 Å². The van der Waals surface area contributed by atoms with Crippen molar-refractivity contribution >= 4 is 34.6 Å². The van der Waals surface area contributed by atoms with Gasteiger partial charge in [0.15, 0.2) is 11.5 Å². The van der Waals surface area contributed by atoms with E-state index in [1.807, 2.05) is 10.6 Å². The van der Waals surface area contributed by atoms with Crippen molar-refractivity contribution in [2.45, 2.75) is 51.6 Å². The molecule has 5 aromatic rings. The quantitative estimate of drug-likeness (QED) is 0.257. The number of nitrogens with one attached hydrogen (secondary N) is 1. The maximum absolute atomic E-state index is 14.5. The molecule has 1 amide bonds. The summed E-state index contributed by atoms with van der Waals surface area (Å²) in [6, 6.07) is 3.58. The van der Waals surface area contributed by atoms with Gasteiger partial charge < -0.3 is 18.9 Å². The van der Waals surface area contributed by atoms with Crippen molar-refractivity contribution in [3.63, 3.8) is 0 Å². The van der Waals surface area contributed by atoms with Crippen LogP contribution in [0.2, 0.25) is 5.02 Å². The number of fused-ring (bicyclic) bond motifs is 2. The van der Waals surface area contributed by atoms with Gasteiger partial charge in [0.1, 0.15) is 11.2 Å². The molecule has 0 unspecified atom stereocenters. The van der Waals surface area contributed by atoms with Crippen LogP contribution in [0, 0.1) is 5.82 Å². The highest BCUT2D eigenvalue weighted by Crippen LogP contribution is 2.40. The van der Waals surface area contributed by atoms with Crippen LogP contribution >= 0.6 is 11.6 Å². The fourth-order valence-corrected chi connectivity index (χ4v) is 4.87. The van der Waals surface area contributed by atoms with E-state index in [0.717, 1.165) is 29.7 Å². The van der Waals surface area contributed by atoms with Gasteiger partial charge in [-0.05, 0) is 49.3 Å². The van der Waals surface area contributed by atoms with Gasteiger partial charge in [-0.25, -0.2) is 19.0 Å². The maximum Gasteiger partial charge on any atom is 0.306 e. The van der Waals surface area contributed by atoms with Gasteiger partial charge in [-0.3, -0.25) is 9.59 Å². The first-order valence-electron chi connectivity index (χ1n) is 13.0. The number of imidazole rings is 2. The van der Waals surface area contributed by atoms with Crippen LogP contribution in [0.5, 0.6) is 0 Å². The van der Waals surface area contributed by atoms with Crippen molar-refractivity contribution in [3.8, 4) is 0 Å². The Morgan fingerprint density at radius 3 is 2.88 bits per heavy atom. The Hall–Kier alpha value is -4.32. The van der Waals surface area contributed by atoms with Crippen LogP contribution in [0.15, 0.2) is 43.2 Å². The van der Waals surface area contributed by atoms with Gasteiger partial charge in [0.25, 0.3) is 5.91 Å². The highest BCUT2D eigenvalue weighted by Gasteiger charge is 2.25. The number of esters is 1. The highest BCUT2D eigenvalue weighted by atomic mass is 35.5. The molecule has 5 heterocycles. The van der Waals surface area contributed by atoms with E-state index >= 15 is 0 Å².